The zero-order chi connectivity index (χ0) is 14.2. The lowest BCUT2D eigenvalue weighted by Gasteiger charge is -2.15. The molecular weight excluding hydrogens is 246 g/mol. The van der Waals surface area contributed by atoms with Crippen LogP contribution in [0.1, 0.15) is 57.9 Å². The second kappa shape index (κ2) is 8.31. The molecule has 1 aliphatic carbocycles. The summed E-state index contributed by atoms with van der Waals surface area (Å²) in [6.07, 6.45) is 8.89. The fraction of sp³-hybridized carbons (Fsp3) is 0.667. The van der Waals surface area contributed by atoms with Gasteiger partial charge in [-0.15, -0.1) is 0 Å². The van der Waals surface area contributed by atoms with E-state index in [9.17, 15) is 0 Å². The lowest BCUT2D eigenvalue weighted by atomic mass is 10.1. The molecular formula is C18H29NO. The Bertz CT molecular complexity index is 374. The summed E-state index contributed by atoms with van der Waals surface area (Å²) in [5.74, 6) is 1.03. The monoisotopic (exact) mass is 275 g/mol. The summed E-state index contributed by atoms with van der Waals surface area (Å²) in [5, 5.41) is 3.60. The maximum atomic E-state index is 6.10. The third-order valence-corrected chi connectivity index (χ3v) is 4.11. The van der Waals surface area contributed by atoms with Gasteiger partial charge in [0.1, 0.15) is 11.9 Å². The fourth-order valence-electron chi connectivity index (χ4n) is 2.89. The maximum Gasteiger partial charge on any atom is 0.119 e. The summed E-state index contributed by atoms with van der Waals surface area (Å²) in [7, 11) is 0. The molecule has 0 bridgehead atoms. The average Bonchev–Trinajstić information content (AvgIpc) is 2.92. The number of unbranched alkanes of at least 4 members (excludes halogenated alkanes) is 1. The predicted molar refractivity (Wildman–Crippen MR) is 85.4 cm³/mol. The first-order valence-corrected chi connectivity index (χ1v) is 8.30. The first-order valence-electron chi connectivity index (χ1n) is 8.30. The minimum atomic E-state index is 0.394. The smallest absolute Gasteiger partial charge is 0.119 e. The average molecular weight is 275 g/mol. The molecule has 2 atom stereocenters. The van der Waals surface area contributed by atoms with Crippen molar-refractivity contribution in [3.05, 3.63) is 29.8 Å². The molecule has 2 rings (SSSR count). The maximum absolute atomic E-state index is 6.10. The van der Waals surface area contributed by atoms with Crippen molar-refractivity contribution >= 4 is 0 Å². The van der Waals surface area contributed by atoms with Crippen LogP contribution in [0.2, 0.25) is 0 Å². The van der Waals surface area contributed by atoms with E-state index in [4.69, 9.17) is 4.74 Å². The first kappa shape index (κ1) is 15.4. The third kappa shape index (κ3) is 4.82. The molecule has 20 heavy (non-hydrogen) atoms. The second-order valence-electron chi connectivity index (χ2n) is 5.95. The number of hydrogen-bond acceptors (Lipinski definition) is 2. The molecule has 0 aromatic heterocycles. The summed E-state index contributed by atoms with van der Waals surface area (Å²) in [6, 6.07) is 9.36. The van der Waals surface area contributed by atoms with Crippen molar-refractivity contribution in [2.45, 2.75) is 70.9 Å². The number of aryl methyl sites for hydroxylation is 1. The van der Waals surface area contributed by atoms with Crippen molar-refractivity contribution in [3.63, 3.8) is 0 Å². The van der Waals surface area contributed by atoms with Crippen LogP contribution in [-0.2, 0) is 6.42 Å². The van der Waals surface area contributed by atoms with Crippen LogP contribution < -0.4 is 10.1 Å². The molecule has 0 aliphatic heterocycles. The fourth-order valence-corrected chi connectivity index (χ4v) is 2.89. The van der Waals surface area contributed by atoms with Gasteiger partial charge in [0.25, 0.3) is 0 Å². The summed E-state index contributed by atoms with van der Waals surface area (Å²) in [4.78, 5) is 0. The lowest BCUT2D eigenvalue weighted by molar-refractivity contribution is 0.206. The predicted octanol–water partition coefficient (Wildman–Crippen LogP) is 4.33. The van der Waals surface area contributed by atoms with Crippen molar-refractivity contribution in [2.75, 3.05) is 6.54 Å². The molecule has 2 heteroatoms. The lowest BCUT2D eigenvalue weighted by Crippen LogP contribution is -2.28. The molecule has 1 N–H and O–H groups in total. The topological polar surface area (TPSA) is 21.3 Å². The molecule has 0 saturated heterocycles. The number of ether oxygens (including phenoxy) is 1. The van der Waals surface area contributed by atoms with Gasteiger partial charge in [-0.05, 0) is 62.8 Å². The summed E-state index contributed by atoms with van der Waals surface area (Å²) in [5.41, 5.74) is 1.42. The van der Waals surface area contributed by atoms with E-state index in [0.29, 0.717) is 12.1 Å². The Morgan fingerprint density at radius 3 is 2.60 bits per heavy atom. The molecule has 1 fully saturated rings. The summed E-state index contributed by atoms with van der Waals surface area (Å²) in [6.45, 7) is 5.58. The first-order chi connectivity index (χ1) is 9.81. The van der Waals surface area contributed by atoms with E-state index < -0.39 is 0 Å². The van der Waals surface area contributed by atoms with Crippen molar-refractivity contribution in [3.8, 4) is 5.75 Å². The highest BCUT2D eigenvalue weighted by atomic mass is 16.5. The molecule has 0 heterocycles. The standard InChI is InChI=1S/C18H29NO/c1-3-5-6-15-7-10-17(11-8-15)20-18-12-9-16(14-18)19-13-4-2/h7-8,10-11,16,18-19H,3-6,9,12-14H2,1-2H3. The van der Waals surface area contributed by atoms with Crippen LogP contribution in [0.25, 0.3) is 0 Å². The van der Waals surface area contributed by atoms with Crippen LogP contribution in [0.5, 0.6) is 5.75 Å². The Balaban J connectivity index is 1.76. The molecule has 0 radical (unpaired) electrons. The van der Waals surface area contributed by atoms with E-state index in [-0.39, 0.29) is 0 Å². The van der Waals surface area contributed by atoms with E-state index in [1.165, 1.54) is 44.1 Å². The number of hydrogen-bond donors (Lipinski definition) is 1. The highest BCUT2D eigenvalue weighted by Gasteiger charge is 2.25. The SMILES string of the molecule is CCCCc1ccc(OC2CCC(NCCC)C2)cc1. The molecule has 1 aliphatic rings. The minimum absolute atomic E-state index is 0.394. The van der Waals surface area contributed by atoms with Crippen LogP contribution >= 0.6 is 0 Å². The zero-order valence-corrected chi connectivity index (χ0v) is 13.0. The molecule has 1 aromatic rings. The number of nitrogens with one attached hydrogen (secondary N) is 1. The van der Waals surface area contributed by atoms with Gasteiger partial charge in [0, 0.05) is 6.04 Å². The second-order valence-corrected chi connectivity index (χ2v) is 5.95. The molecule has 0 amide bonds. The van der Waals surface area contributed by atoms with Crippen molar-refractivity contribution in [1.82, 2.24) is 5.32 Å². The Labute approximate surface area is 123 Å². The number of rotatable bonds is 8. The molecule has 1 aromatic carbocycles. The minimum Gasteiger partial charge on any atom is -0.490 e. The van der Waals surface area contributed by atoms with Crippen molar-refractivity contribution < 1.29 is 4.74 Å². The summed E-state index contributed by atoms with van der Waals surface area (Å²) < 4.78 is 6.10. The molecule has 112 valence electrons. The van der Waals surface area contributed by atoms with Gasteiger partial charge in [-0.1, -0.05) is 32.4 Å². The van der Waals surface area contributed by atoms with Gasteiger partial charge in [-0.3, -0.25) is 0 Å². The Morgan fingerprint density at radius 2 is 1.90 bits per heavy atom. The van der Waals surface area contributed by atoms with Crippen LogP contribution in [-0.4, -0.2) is 18.7 Å². The van der Waals surface area contributed by atoms with E-state index in [1.807, 2.05) is 0 Å². The Kier molecular flexibility index (Phi) is 6.38. The van der Waals surface area contributed by atoms with E-state index in [0.717, 1.165) is 18.7 Å². The quantitative estimate of drug-likeness (QED) is 0.762. The molecule has 2 unspecified atom stereocenters. The van der Waals surface area contributed by atoms with Gasteiger partial charge in [-0.25, -0.2) is 0 Å². The van der Waals surface area contributed by atoms with Gasteiger partial charge in [-0.2, -0.15) is 0 Å². The van der Waals surface area contributed by atoms with Gasteiger partial charge < -0.3 is 10.1 Å². The zero-order valence-electron chi connectivity index (χ0n) is 13.0. The molecule has 0 spiro atoms. The van der Waals surface area contributed by atoms with Gasteiger partial charge in [0.2, 0.25) is 0 Å². The van der Waals surface area contributed by atoms with Crippen LogP contribution in [0.4, 0.5) is 0 Å². The van der Waals surface area contributed by atoms with E-state index in [2.05, 4.69) is 43.4 Å². The van der Waals surface area contributed by atoms with E-state index >= 15 is 0 Å². The highest BCUT2D eigenvalue weighted by Crippen LogP contribution is 2.25. The van der Waals surface area contributed by atoms with Crippen molar-refractivity contribution in [1.29, 1.82) is 0 Å². The van der Waals surface area contributed by atoms with Gasteiger partial charge in [0.15, 0.2) is 0 Å². The third-order valence-electron chi connectivity index (χ3n) is 4.11. The van der Waals surface area contributed by atoms with E-state index in [1.54, 1.807) is 0 Å². The van der Waals surface area contributed by atoms with Crippen LogP contribution in [0.3, 0.4) is 0 Å². The normalized spacial score (nSPS) is 22.1. The number of benzene rings is 1. The molecule has 2 nitrogen and oxygen atoms in total. The van der Waals surface area contributed by atoms with Crippen LogP contribution in [0.15, 0.2) is 24.3 Å². The van der Waals surface area contributed by atoms with Crippen molar-refractivity contribution in [2.24, 2.45) is 0 Å². The van der Waals surface area contributed by atoms with Gasteiger partial charge in [0.05, 0.1) is 0 Å². The van der Waals surface area contributed by atoms with Crippen LogP contribution in [0, 0.1) is 0 Å². The Morgan fingerprint density at radius 1 is 1.10 bits per heavy atom. The van der Waals surface area contributed by atoms with Gasteiger partial charge >= 0.3 is 0 Å². The summed E-state index contributed by atoms with van der Waals surface area (Å²) >= 11 is 0. The Hall–Kier alpha value is -1.02. The molecule has 1 saturated carbocycles. The highest BCUT2D eigenvalue weighted by molar-refractivity contribution is 5.27. The largest absolute Gasteiger partial charge is 0.490 e.